The molecule has 6 nitrogen and oxygen atoms in total. The summed E-state index contributed by atoms with van der Waals surface area (Å²) in [5, 5.41) is 0.255. The number of alkyl halides is 2. The van der Waals surface area contributed by atoms with Crippen LogP contribution in [-0.2, 0) is 16.6 Å². The van der Waals surface area contributed by atoms with E-state index in [2.05, 4.69) is 19.7 Å². The summed E-state index contributed by atoms with van der Waals surface area (Å²) in [5.74, 6) is 0.893. The molecule has 1 atom stereocenters. The van der Waals surface area contributed by atoms with Gasteiger partial charge in [0.15, 0.2) is 5.16 Å². The summed E-state index contributed by atoms with van der Waals surface area (Å²) in [6.45, 7) is 2.37. The third-order valence-corrected chi connectivity index (χ3v) is 5.61. The summed E-state index contributed by atoms with van der Waals surface area (Å²) in [7, 11) is 0.0685. The van der Waals surface area contributed by atoms with Crippen molar-refractivity contribution in [3.8, 4) is 11.5 Å². The highest BCUT2D eigenvalue weighted by Gasteiger charge is 2.18. The second-order valence-corrected chi connectivity index (χ2v) is 7.38. The number of aromatic amines is 1. The quantitative estimate of drug-likeness (QED) is 0.687. The van der Waals surface area contributed by atoms with Crippen molar-refractivity contribution < 1.29 is 22.5 Å². The first kappa shape index (κ1) is 19.2. The summed E-state index contributed by atoms with van der Waals surface area (Å²) >= 11 is 0. The van der Waals surface area contributed by atoms with Crippen molar-refractivity contribution in [1.29, 1.82) is 0 Å². The van der Waals surface area contributed by atoms with E-state index in [1.54, 1.807) is 33.2 Å². The first-order valence-corrected chi connectivity index (χ1v) is 9.45. The van der Waals surface area contributed by atoms with Gasteiger partial charge in [-0.2, -0.15) is 8.78 Å². The fraction of sp³-hybridized carbons (Fsp3) is 0.333. The Morgan fingerprint density at radius 2 is 1.93 bits per heavy atom. The van der Waals surface area contributed by atoms with Gasteiger partial charge in [0.1, 0.15) is 11.5 Å². The lowest BCUT2D eigenvalue weighted by Gasteiger charge is -2.10. The number of hydrogen-bond acceptors (Lipinski definition) is 5. The first-order chi connectivity index (χ1) is 12.8. The number of aromatic nitrogens is 3. The van der Waals surface area contributed by atoms with Crippen LogP contribution in [0.3, 0.4) is 0 Å². The van der Waals surface area contributed by atoms with Crippen LogP contribution < -0.4 is 9.47 Å². The monoisotopic (exact) mass is 395 g/mol. The largest absolute Gasteiger partial charge is 0.496 e. The predicted molar refractivity (Wildman–Crippen MR) is 97.8 cm³/mol. The van der Waals surface area contributed by atoms with Crippen LogP contribution in [0.1, 0.15) is 22.4 Å². The second-order valence-electron chi connectivity index (χ2n) is 6.02. The van der Waals surface area contributed by atoms with Crippen molar-refractivity contribution in [1.82, 2.24) is 15.0 Å². The molecule has 144 valence electrons. The number of H-pyrrole nitrogens is 1. The molecule has 1 N–H and O–H groups in total. The summed E-state index contributed by atoms with van der Waals surface area (Å²) in [4.78, 5) is 11.6. The topological polar surface area (TPSA) is 77.1 Å². The molecular weight excluding hydrogens is 376 g/mol. The molecule has 0 saturated heterocycles. The number of hydrogen-bond donors (Lipinski definition) is 1. The molecule has 9 heteroatoms. The summed E-state index contributed by atoms with van der Waals surface area (Å²) in [5.41, 5.74) is 3.78. The Labute approximate surface area is 157 Å². The zero-order valence-electron chi connectivity index (χ0n) is 15.3. The normalized spacial score (nSPS) is 12.6. The van der Waals surface area contributed by atoms with E-state index in [0.29, 0.717) is 33.6 Å². The predicted octanol–water partition coefficient (Wildman–Crippen LogP) is 3.80. The number of methoxy groups -OCH3 is 1. The molecular formula is C18H19F2N3O3S. The van der Waals surface area contributed by atoms with E-state index in [0.717, 1.165) is 5.56 Å². The highest BCUT2D eigenvalue weighted by atomic mass is 32.2. The van der Waals surface area contributed by atoms with Crippen LogP contribution in [0, 0.1) is 20.8 Å². The molecule has 0 aliphatic heterocycles. The smallest absolute Gasteiger partial charge is 0.387 e. The molecule has 0 aliphatic carbocycles. The van der Waals surface area contributed by atoms with E-state index >= 15 is 0 Å². The van der Waals surface area contributed by atoms with Crippen molar-refractivity contribution in [2.24, 2.45) is 0 Å². The highest BCUT2D eigenvalue weighted by molar-refractivity contribution is 7.84. The SMILES string of the molecule is COc1ccnc(CS(=O)c2nc3c(C)c(C)c(OC(F)F)cc3[nH]2)c1C. The van der Waals surface area contributed by atoms with Crippen molar-refractivity contribution in [2.45, 2.75) is 38.3 Å². The fourth-order valence-electron chi connectivity index (χ4n) is 2.80. The Morgan fingerprint density at radius 3 is 2.59 bits per heavy atom. The average Bonchev–Trinajstić information content (AvgIpc) is 3.05. The number of nitrogens with zero attached hydrogens (tertiary/aromatic N) is 2. The summed E-state index contributed by atoms with van der Waals surface area (Å²) < 4.78 is 47.8. The molecule has 2 aromatic heterocycles. The molecule has 0 saturated carbocycles. The van der Waals surface area contributed by atoms with E-state index in [1.807, 2.05) is 6.92 Å². The maximum absolute atomic E-state index is 12.8. The van der Waals surface area contributed by atoms with Crippen molar-refractivity contribution in [2.75, 3.05) is 7.11 Å². The maximum Gasteiger partial charge on any atom is 0.387 e. The third-order valence-electron chi connectivity index (χ3n) is 4.45. The first-order valence-electron chi connectivity index (χ1n) is 8.13. The molecule has 0 radical (unpaired) electrons. The van der Waals surface area contributed by atoms with Gasteiger partial charge in [0.05, 0.1) is 40.4 Å². The minimum atomic E-state index is -2.92. The maximum atomic E-state index is 12.8. The van der Waals surface area contributed by atoms with Gasteiger partial charge in [0.2, 0.25) is 0 Å². The van der Waals surface area contributed by atoms with Gasteiger partial charge in [-0.15, -0.1) is 0 Å². The Kier molecular flexibility index (Phi) is 5.41. The number of fused-ring (bicyclic) bond motifs is 1. The van der Waals surface area contributed by atoms with Gasteiger partial charge in [-0.25, -0.2) is 4.98 Å². The van der Waals surface area contributed by atoms with Crippen molar-refractivity contribution >= 4 is 21.8 Å². The molecule has 2 heterocycles. The Morgan fingerprint density at radius 1 is 1.19 bits per heavy atom. The molecule has 0 fully saturated rings. The van der Waals surface area contributed by atoms with E-state index < -0.39 is 17.4 Å². The number of benzene rings is 1. The summed E-state index contributed by atoms with van der Waals surface area (Å²) in [6.07, 6.45) is 1.60. The molecule has 0 bridgehead atoms. The molecule has 0 aliphatic rings. The van der Waals surface area contributed by atoms with E-state index in [1.165, 1.54) is 6.07 Å². The van der Waals surface area contributed by atoms with Gasteiger partial charge < -0.3 is 14.5 Å². The number of ether oxygens (including phenoxy) is 2. The minimum absolute atomic E-state index is 0.0706. The van der Waals surface area contributed by atoms with Crippen LogP contribution in [0.4, 0.5) is 8.78 Å². The molecule has 3 aromatic rings. The summed E-state index contributed by atoms with van der Waals surface area (Å²) in [6, 6.07) is 3.19. The number of pyridine rings is 1. The van der Waals surface area contributed by atoms with E-state index in [9.17, 15) is 13.0 Å². The number of rotatable bonds is 6. The number of aryl methyl sites for hydroxylation is 1. The molecule has 0 amide bonds. The molecule has 0 spiro atoms. The Hall–Kier alpha value is -2.55. The average molecular weight is 395 g/mol. The van der Waals surface area contributed by atoms with Gasteiger partial charge in [0, 0.05) is 17.8 Å². The fourth-order valence-corrected chi connectivity index (χ4v) is 3.89. The van der Waals surface area contributed by atoms with Crippen LogP contribution in [-0.4, -0.2) is 32.9 Å². The van der Waals surface area contributed by atoms with Gasteiger partial charge >= 0.3 is 6.61 Å². The number of imidazole rings is 1. The van der Waals surface area contributed by atoms with Gasteiger partial charge in [0.25, 0.3) is 0 Å². The van der Waals surface area contributed by atoms with E-state index in [-0.39, 0.29) is 16.7 Å². The lowest BCUT2D eigenvalue weighted by molar-refractivity contribution is -0.0502. The van der Waals surface area contributed by atoms with Crippen LogP contribution in [0.25, 0.3) is 11.0 Å². The standard InChI is InChI=1S/C18H19F2N3O3S/c1-9-10(2)16-12(7-15(9)26-17(19)20)22-18(23-16)27(24)8-13-11(3)14(25-4)5-6-21-13/h5-7,17H,8H2,1-4H3,(H,22,23). The lowest BCUT2D eigenvalue weighted by atomic mass is 10.1. The lowest BCUT2D eigenvalue weighted by Crippen LogP contribution is -2.04. The van der Waals surface area contributed by atoms with Crippen LogP contribution >= 0.6 is 0 Å². The minimum Gasteiger partial charge on any atom is -0.496 e. The zero-order chi connectivity index (χ0) is 19.7. The zero-order valence-corrected chi connectivity index (χ0v) is 16.1. The van der Waals surface area contributed by atoms with Gasteiger partial charge in [-0.05, 0) is 38.0 Å². The van der Waals surface area contributed by atoms with Crippen molar-refractivity contribution in [3.63, 3.8) is 0 Å². The van der Waals surface area contributed by atoms with Crippen LogP contribution in [0.5, 0.6) is 11.5 Å². The third kappa shape index (κ3) is 3.78. The van der Waals surface area contributed by atoms with Crippen LogP contribution in [0.15, 0.2) is 23.5 Å². The molecule has 3 rings (SSSR count). The van der Waals surface area contributed by atoms with Gasteiger partial charge in [-0.1, -0.05) is 0 Å². The van der Waals surface area contributed by atoms with Crippen molar-refractivity contribution in [3.05, 3.63) is 40.7 Å². The number of halogens is 2. The molecule has 27 heavy (non-hydrogen) atoms. The van der Waals surface area contributed by atoms with Gasteiger partial charge in [-0.3, -0.25) is 9.19 Å². The second kappa shape index (κ2) is 7.59. The molecule has 1 unspecified atom stereocenters. The van der Waals surface area contributed by atoms with Crippen LogP contribution in [0.2, 0.25) is 0 Å². The number of nitrogens with one attached hydrogen (secondary N) is 1. The molecule has 1 aromatic carbocycles. The Bertz CT molecular complexity index is 1020. The highest BCUT2D eigenvalue weighted by Crippen LogP contribution is 2.30. The van der Waals surface area contributed by atoms with E-state index in [4.69, 9.17) is 4.74 Å². The Balaban J connectivity index is 1.95.